The van der Waals surface area contributed by atoms with Crippen molar-refractivity contribution >= 4 is 6.08 Å². The van der Waals surface area contributed by atoms with Gasteiger partial charge in [0.2, 0.25) is 0 Å². The highest BCUT2D eigenvalue weighted by Gasteiger charge is 2.33. The fourth-order valence-corrected chi connectivity index (χ4v) is 2.92. The Labute approximate surface area is 117 Å². The topological polar surface area (TPSA) is 23.8 Å². The summed E-state index contributed by atoms with van der Waals surface area (Å²) in [4.78, 5) is 0. The van der Waals surface area contributed by atoms with Crippen LogP contribution in [0.2, 0.25) is 0 Å². The van der Waals surface area contributed by atoms with E-state index in [4.69, 9.17) is 0 Å². The molecule has 0 atom stereocenters. The van der Waals surface area contributed by atoms with Crippen molar-refractivity contribution in [2.45, 2.75) is 57.3 Å². The molecule has 0 spiro atoms. The second-order valence-electron chi connectivity index (χ2n) is 5.57. The van der Waals surface area contributed by atoms with E-state index in [0.717, 1.165) is 19.3 Å². The third kappa shape index (κ3) is 3.26. The zero-order valence-electron chi connectivity index (χ0n) is 11.9. The van der Waals surface area contributed by atoms with Crippen molar-refractivity contribution in [1.82, 2.24) is 0 Å². The minimum absolute atomic E-state index is 0.218. The first-order chi connectivity index (χ1) is 9.30. The number of allylic oxidation sites excluding steroid dienone is 1. The maximum atomic E-state index is 9.57. The molecule has 1 heteroatoms. The molecule has 2 rings (SSSR count). The highest BCUT2D eigenvalue weighted by atomic mass is 14.4. The van der Waals surface area contributed by atoms with Crippen LogP contribution in [0.15, 0.2) is 30.3 Å². The molecular formula is C18H23N. The van der Waals surface area contributed by atoms with E-state index in [0.29, 0.717) is 0 Å². The van der Waals surface area contributed by atoms with Crippen molar-refractivity contribution in [1.29, 1.82) is 5.26 Å². The maximum absolute atomic E-state index is 9.57. The number of benzene rings is 1. The summed E-state index contributed by atoms with van der Waals surface area (Å²) in [6.45, 7) is 2.19. The lowest BCUT2D eigenvalue weighted by Crippen LogP contribution is -2.26. The zero-order valence-corrected chi connectivity index (χ0v) is 11.9. The predicted octanol–water partition coefficient (Wildman–Crippen LogP) is 5.23. The summed E-state index contributed by atoms with van der Waals surface area (Å²) in [6.07, 6.45) is 12.4. The van der Waals surface area contributed by atoms with Crippen LogP contribution < -0.4 is 0 Å². The van der Waals surface area contributed by atoms with Crippen LogP contribution in [-0.2, 0) is 5.41 Å². The second-order valence-corrected chi connectivity index (χ2v) is 5.57. The van der Waals surface area contributed by atoms with Gasteiger partial charge < -0.3 is 0 Å². The smallest absolute Gasteiger partial charge is 0.0822 e. The number of rotatable bonds is 4. The minimum atomic E-state index is -0.218. The van der Waals surface area contributed by atoms with E-state index in [-0.39, 0.29) is 5.41 Å². The van der Waals surface area contributed by atoms with Gasteiger partial charge in [-0.05, 0) is 30.4 Å². The Balaban J connectivity index is 2.15. The standard InChI is InChI=1S/C18H23N/c1-2-3-5-8-16-9-11-17(12-10-16)18(15-19)13-6-4-7-14-18/h5,8-12H,2-4,6-7,13-14H2,1H3/b8-5+. The van der Waals surface area contributed by atoms with E-state index < -0.39 is 0 Å². The fraction of sp³-hybridized carbons (Fsp3) is 0.500. The fourth-order valence-electron chi connectivity index (χ4n) is 2.92. The van der Waals surface area contributed by atoms with Crippen molar-refractivity contribution in [2.75, 3.05) is 0 Å². The molecule has 1 fully saturated rings. The maximum Gasteiger partial charge on any atom is 0.0822 e. The van der Waals surface area contributed by atoms with E-state index >= 15 is 0 Å². The van der Waals surface area contributed by atoms with Gasteiger partial charge in [-0.2, -0.15) is 5.26 Å². The van der Waals surface area contributed by atoms with Gasteiger partial charge in [-0.25, -0.2) is 0 Å². The SMILES string of the molecule is CCC/C=C/c1ccc(C2(C#N)CCCCC2)cc1. The lowest BCUT2D eigenvalue weighted by atomic mass is 9.70. The van der Waals surface area contributed by atoms with Crippen LogP contribution in [0.1, 0.15) is 63.0 Å². The van der Waals surface area contributed by atoms with Crippen LogP contribution in [-0.4, -0.2) is 0 Å². The molecule has 0 aliphatic heterocycles. The Kier molecular flexibility index (Phi) is 4.80. The summed E-state index contributed by atoms with van der Waals surface area (Å²) in [5.74, 6) is 0. The molecule has 19 heavy (non-hydrogen) atoms. The molecular weight excluding hydrogens is 230 g/mol. The lowest BCUT2D eigenvalue weighted by Gasteiger charge is -2.31. The molecule has 0 amide bonds. The first kappa shape index (κ1) is 13.9. The second kappa shape index (κ2) is 6.57. The van der Waals surface area contributed by atoms with E-state index in [1.807, 2.05) is 0 Å². The van der Waals surface area contributed by atoms with Crippen molar-refractivity contribution in [2.24, 2.45) is 0 Å². The van der Waals surface area contributed by atoms with Gasteiger partial charge in [0.15, 0.2) is 0 Å². The first-order valence-corrected chi connectivity index (χ1v) is 7.49. The lowest BCUT2D eigenvalue weighted by molar-refractivity contribution is 0.366. The first-order valence-electron chi connectivity index (χ1n) is 7.49. The summed E-state index contributed by atoms with van der Waals surface area (Å²) in [7, 11) is 0. The predicted molar refractivity (Wildman–Crippen MR) is 80.8 cm³/mol. The molecule has 0 bridgehead atoms. The van der Waals surface area contributed by atoms with Gasteiger partial charge >= 0.3 is 0 Å². The third-order valence-corrected chi connectivity index (χ3v) is 4.15. The van der Waals surface area contributed by atoms with Gasteiger partial charge in [0.25, 0.3) is 0 Å². The Bertz CT molecular complexity index is 455. The Hall–Kier alpha value is -1.55. The Morgan fingerprint density at radius 3 is 2.42 bits per heavy atom. The molecule has 1 saturated carbocycles. The summed E-state index contributed by atoms with van der Waals surface area (Å²) in [5, 5.41) is 9.57. The summed E-state index contributed by atoms with van der Waals surface area (Å²) < 4.78 is 0. The zero-order chi connectivity index (χ0) is 13.6. The number of unbranched alkanes of at least 4 members (excludes halogenated alkanes) is 1. The van der Waals surface area contributed by atoms with E-state index in [1.165, 1.54) is 36.8 Å². The van der Waals surface area contributed by atoms with Gasteiger partial charge in [0.05, 0.1) is 11.5 Å². The number of nitriles is 1. The molecule has 1 aliphatic carbocycles. The molecule has 1 nitrogen and oxygen atoms in total. The van der Waals surface area contributed by atoms with Crippen LogP contribution in [0, 0.1) is 11.3 Å². The quantitative estimate of drug-likeness (QED) is 0.721. The molecule has 0 radical (unpaired) electrons. The molecule has 1 aromatic carbocycles. The van der Waals surface area contributed by atoms with Gasteiger partial charge in [-0.3, -0.25) is 0 Å². The van der Waals surface area contributed by atoms with Gasteiger partial charge in [0.1, 0.15) is 0 Å². The van der Waals surface area contributed by atoms with Crippen LogP contribution in [0.4, 0.5) is 0 Å². The molecule has 0 unspecified atom stereocenters. The Morgan fingerprint density at radius 2 is 1.84 bits per heavy atom. The highest BCUT2D eigenvalue weighted by molar-refractivity contribution is 5.51. The third-order valence-electron chi connectivity index (χ3n) is 4.15. The summed E-state index contributed by atoms with van der Waals surface area (Å²) in [6, 6.07) is 11.2. The van der Waals surface area contributed by atoms with Gasteiger partial charge in [-0.1, -0.05) is 69.0 Å². The molecule has 0 aromatic heterocycles. The van der Waals surface area contributed by atoms with Crippen LogP contribution in [0.3, 0.4) is 0 Å². The summed E-state index contributed by atoms with van der Waals surface area (Å²) in [5.41, 5.74) is 2.23. The van der Waals surface area contributed by atoms with E-state index in [1.54, 1.807) is 0 Å². The van der Waals surface area contributed by atoms with Crippen molar-refractivity contribution in [3.8, 4) is 6.07 Å². The normalized spacial score (nSPS) is 18.3. The van der Waals surface area contributed by atoms with Crippen molar-refractivity contribution in [3.05, 3.63) is 41.5 Å². The van der Waals surface area contributed by atoms with Crippen LogP contribution >= 0.6 is 0 Å². The molecule has 0 N–H and O–H groups in total. The highest BCUT2D eigenvalue weighted by Crippen LogP contribution is 2.38. The minimum Gasteiger partial charge on any atom is -0.197 e. The van der Waals surface area contributed by atoms with Crippen molar-refractivity contribution in [3.63, 3.8) is 0 Å². The van der Waals surface area contributed by atoms with E-state index in [9.17, 15) is 5.26 Å². The molecule has 0 heterocycles. The van der Waals surface area contributed by atoms with Crippen LogP contribution in [0.5, 0.6) is 0 Å². The molecule has 0 saturated heterocycles. The van der Waals surface area contributed by atoms with Crippen molar-refractivity contribution < 1.29 is 0 Å². The monoisotopic (exact) mass is 253 g/mol. The molecule has 100 valence electrons. The number of nitrogens with zero attached hydrogens (tertiary/aromatic N) is 1. The molecule has 1 aromatic rings. The van der Waals surface area contributed by atoms with Crippen LogP contribution in [0.25, 0.3) is 6.08 Å². The van der Waals surface area contributed by atoms with Gasteiger partial charge in [-0.15, -0.1) is 0 Å². The summed E-state index contributed by atoms with van der Waals surface area (Å²) >= 11 is 0. The average Bonchev–Trinajstić information content (AvgIpc) is 2.49. The Morgan fingerprint density at radius 1 is 1.16 bits per heavy atom. The molecule has 1 aliphatic rings. The number of hydrogen-bond donors (Lipinski definition) is 0. The average molecular weight is 253 g/mol. The number of hydrogen-bond acceptors (Lipinski definition) is 1. The largest absolute Gasteiger partial charge is 0.197 e. The van der Waals surface area contributed by atoms with Gasteiger partial charge in [0, 0.05) is 0 Å². The van der Waals surface area contributed by atoms with E-state index in [2.05, 4.69) is 49.4 Å².